The van der Waals surface area contributed by atoms with Gasteiger partial charge in [-0.05, 0) is 47.0 Å². The summed E-state index contributed by atoms with van der Waals surface area (Å²) < 4.78 is 18.0. The van der Waals surface area contributed by atoms with Crippen LogP contribution in [0.4, 0.5) is 0 Å². The molecule has 0 aliphatic carbocycles. The zero-order chi connectivity index (χ0) is 24.6. The van der Waals surface area contributed by atoms with E-state index in [2.05, 4.69) is 46.4 Å². The second-order valence-corrected chi connectivity index (χ2v) is 8.45. The molecule has 3 aromatic carbocycles. The quantitative estimate of drug-likeness (QED) is 0.313. The highest BCUT2D eigenvalue weighted by Gasteiger charge is 2.23. The van der Waals surface area contributed by atoms with E-state index in [0.717, 1.165) is 40.1 Å². The maximum atomic E-state index is 12.9. The average molecular weight is 473 g/mol. The third-order valence-corrected chi connectivity index (χ3v) is 6.24. The first-order chi connectivity index (χ1) is 17.1. The van der Waals surface area contributed by atoms with Gasteiger partial charge in [-0.2, -0.15) is 0 Å². The van der Waals surface area contributed by atoms with Crippen LogP contribution in [0.15, 0.2) is 79.0 Å². The van der Waals surface area contributed by atoms with Crippen molar-refractivity contribution in [2.75, 3.05) is 34.5 Å². The second kappa shape index (κ2) is 11.6. The number of carbonyl (C=O) groups excluding carboxylic acids is 1. The zero-order valence-electron chi connectivity index (χ0n) is 20.5. The van der Waals surface area contributed by atoms with E-state index in [0.29, 0.717) is 19.6 Å². The molecule has 0 saturated carbocycles. The van der Waals surface area contributed by atoms with Crippen molar-refractivity contribution in [2.45, 2.75) is 18.9 Å². The van der Waals surface area contributed by atoms with Crippen LogP contribution in [0.2, 0.25) is 0 Å². The summed E-state index contributed by atoms with van der Waals surface area (Å²) in [5.41, 5.74) is 4.51. The Balaban J connectivity index is 1.72. The first kappa shape index (κ1) is 24.4. The molecule has 1 heterocycles. The van der Waals surface area contributed by atoms with Crippen molar-refractivity contribution < 1.29 is 19.0 Å². The van der Waals surface area contributed by atoms with Crippen LogP contribution in [0.5, 0.6) is 11.5 Å². The van der Waals surface area contributed by atoms with E-state index in [9.17, 15) is 4.79 Å². The van der Waals surface area contributed by atoms with Crippen molar-refractivity contribution in [1.29, 1.82) is 0 Å². The number of ether oxygens (including phenoxy) is 3. The standard InChI is InChI=1S/C29H32N2O4/c1-33-17-16-30-29(32)18-26(22-10-14-24(35-3)15-11-22)27-20-31(28-7-5-4-6-25(27)28)19-21-8-12-23(34-2)13-9-21/h4-15,20,26H,16-19H2,1-3H3,(H,30,32)/t26-/m0/s1. The molecule has 182 valence electrons. The van der Waals surface area contributed by atoms with Gasteiger partial charge in [-0.3, -0.25) is 4.79 Å². The minimum atomic E-state index is -0.106. The highest BCUT2D eigenvalue weighted by Crippen LogP contribution is 2.36. The third kappa shape index (κ3) is 5.84. The number of fused-ring (bicyclic) bond motifs is 1. The number of nitrogens with zero attached hydrogens (tertiary/aromatic N) is 1. The van der Waals surface area contributed by atoms with Gasteiger partial charge in [0.15, 0.2) is 0 Å². The Labute approximate surface area is 206 Å². The minimum Gasteiger partial charge on any atom is -0.497 e. The number of para-hydroxylation sites is 1. The number of hydrogen-bond donors (Lipinski definition) is 1. The Bertz CT molecular complexity index is 1250. The average Bonchev–Trinajstić information content (AvgIpc) is 3.26. The Hall–Kier alpha value is -3.77. The Morgan fingerprint density at radius 2 is 1.54 bits per heavy atom. The van der Waals surface area contributed by atoms with Gasteiger partial charge in [0.05, 0.1) is 20.8 Å². The predicted octanol–water partition coefficient (Wildman–Crippen LogP) is 4.99. The largest absolute Gasteiger partial charge is 0.497 e. The lowest BCUT2D eigenvalue weighted by Gasteiger charge is -2.18. The number of benzene rings is 3. The maximum Gasteiger partial charge on any atom is 0.221 e. The number of methoxy groups -OCH3 is 3. The second-order valence-electron chi connectivity index (χ2n) is 8.45. The van der Waals surface area contributed by atoms with Gasteiger partial charge in [0.2, 0.25) is 5.91 Å². The van der Waals surface area contributed by atoms with Crippen molar-refractivity contribution in [3.05, 3.63) is 95.7 Å². The summed E-state index contributed by atoms with van der Waals surface area (Å²) in [6.07, 6.45) is 2.53. The van der Waals surface area contributed by atoms with Crippen LogP contribution in [-0.2, 0) is 16.1 Å². The van der Waals surface area contributed by atoms with Gasteiger partial charge in [0.25, 0.3) is 0 Å². The molecule has 4 rings (SSSR count). The van der Waals surface area contributed by atoms with E-state index in [1.807, 2.05) is 42.5 Å². The number of rotatable bonds is 11. The number of nitrogens with one attached hydrogen (secondary N) is 1. The van der Waals surface area contributed by atoms with E-state index >= 15 is 0 Å². The Kier molecular flexibility index (Phi) is 8.06. The van der Waals surface area contributed by atoms with Gasteiger partial charge in [0, 0.05) is 49.6 Å². The summed E-state index contributed by atoms with van der Waals surface area (Å²) in [6.45, 7) is 1.70. The van der Waals surface area contributed by atoms with Crippen LogP contribution in [-0.4, -0.2) is 45.0 Å². The fourth-order valence-electron chi connectivity index (χ4n) is 4.40. The van der Waals surface area contributed by atoms with Crippen LogP contribution < -0.4 is 14.8 Å². The smallest absolute Gasteiger partial charge is 0.221 e. The zero-order valence-corrected chi connectivity index (χ0v) is 20.5. The number of hydrogen-bond acceptors (Lipinski definition) is 4. The molecule has 0 spiro atoms. The van der Waals surface area contributed by atoms with Crippen LogP contribution in [0.3, 0.4) is 0 Å². The maximum absolute atomic E-state index is 12.9. The summed E-state index contributed by atoms with van der Waals surface area (Å²) in [5.74, 6) is 1.52. The summed E-state index contributed by atoms with van der Waals surface area (Å²) in [7, 11) is 4.96. The number of amides is 1. The molecular formula is C29H32N2O4. The molecule has 6 heteroatoms. The lowest BCUT2D eigenvalue weighted by molar-refractivity contribution is -0.121. The monoisotopic (exact) mass is 472 g/mol. The fraction of sp³-hybridized carbons (Fsp3) is 0.276. The first-order valence-electron chi connectivity index (χ1n) is 11.7. The highest BCUT2D eigenvalue weighted by molar-refractivity contribution is 5.86. The van der Waals surface area contributed by atoms with E-state index in [-0.39, 0.29) is 11.8 Å². The molecule has 0 aliphatic heterocycles. The topological polar surface area (TPSA) is 61.7 Å². The van der Waals surface area contributed by atoms with Crippen LogP contribution >= 0.6 is 0 Å². The molecule has 4 aromatic rings. The molecule has 0 radical (unpaired) electrons. The summed E-state index contributed by atoms with van der Waals surface area (Å²) >= 11 is 0. The molecule has 0 aliphatic rings. The normalized spacial score (nSPS) is 11.9. The SMILES string of the molecule is COCCNC(=O)C[C@@H](c1ccc(OC)cc1)c1cn(Cc2ccc(OC)cc2)c2ccccc12. The van der Waals surface area contributed by atoms with Gasteiger partial charge >= 0.3 is 0 Å². The van der Waals surface area contributed by atoms with Crippen LogP contribution in [0.1, 0.15) is 29.0 Å². The van der Waals surface area contributed by atoms with E-state index in [1.165, 1.54) is 5.56 Å². The molecule has 1 N–H and O–H groups in total. The molecule has 0 unspecified atom stereocenters. The van der Waals surface area contributed by atoms with Gasteiger partial charge in [-0.25, -0.2) is 0 Å². The van der Waals surface area contributed by atoms with Crippen molar-refractivity contribution >= 4 is 16.8 Å². The predicted molar refractivity (Wildman–Crippen MR) is 138 cm³/mol. The molecule has 0 fully saturated rings. The molecular weight excluding hydrogens is 440 g/mol. The lowest BCUT2D eigenvalue weighted by Crippen LogP contribution is -2.28. The minimum absolute atomic E-state index is 0.00477. The van der Waals surface area contributed by atoms with E-state index in [1.54, 1.807) is 21.3 Å². The molecule has 1 aromatic heterocycles. The van der Waals surface area contributed by atoms with Crippen molar-refractivity contribution in [1.82, 2.24) is 9.88 Å². The van der Waals surface area contributed by atoms with Gasteiger partial charge in [-0.1, -0.05) is 42.5 Å². The van der Waals surface area contributed by atoms with E-state index in [4.69, 9.17) is 14.2 Å². The first-order valence-corrected chi connectivity index (χ1v) is 11.7. The Morgan fingerprint density at radius 3 is 2.20 bits per heavy atom. The van der Waals surface area contributed by atoms with Crippen LogP contribution in [0.25, 0.3) is 10.9 Å². The number of aromatic nitrogens is 1. The van der Waals surface area contributed by atoms with Crippen molar-refractivity contribution in [2.24, 2.45) is 0 Å². The molecule has 1 atom stereocenters. The summed E-state index contributed by atoms with van der Waals surface area (Å²) in [6, 6.07) is 24.5. The highest BCUT2D eigenvalue weighted by atomic mass is 16.5. The van der Waals surface area contributed by atoms with E-state index < -0.39 is 0 Å². The summed E-state index contributed by atoms with van der Waals surface area (Å²) in [5, 5.41) is 4.12. The summed E-state index contributed by atoms with van der Waals surface area (Å²) in [4.78, 5) is 12.9. The van der Waals surface area contributed by atoms with Gasteiger partial charge in [0.1, 0.15) is 11.5 Å². The van der Waals surface area contributed by atoms with Crippen molar-refractivity contribution in [3.8, 4) is 11.5 Å². The van der Waals surface area contributed by atoms with Gasteiger partial charge < -0.3 is 24.1 Å². The van der Waals surface area contributed by atoms with Gasteiger partial charge in [-0.15, -0.1) is 0 Å². The lowest BCUT2D eigenvalue weighted by atomic mass is 9.88. The molecule has 6 nitrogen and oxygen atoms in total. The fourth-order valence-corrected chi connectivity index (χ4v) is 4.40. The molecule has 0 saturated heterocycles. The number of carbonyl (C=O) groups is 1. The molecule has 1 amide bonds. The third-order valence-electron chi connectivity index (χ3n) is 6.24. The Morgan fingerprint density at radius 1 is 0.886 bits per heavy atom. The van der Waals surface area contributed by atoms with Crippen LogP contribution in [0, 0.1) is 0 Å². The molecule has 0 bridgehead atoms. The molecule has 35 heavy (non-hydrogen) atoms. The van der Waals surface area contributed by atoms with Crippen molar-refractivity contribution in [3.63, 3.8) is 0 Å².